The predicted molar refractivity (Wildman–Crippen MR) is 81.8 cm³/mol. The van der Waals surface area contributed by atoms with Crippen molar-refractivity contribution in [2.75, 3.05) is 32.3 Å². The molecule has 1 fully saturated rings. The first-order valence-corrected chi connectivity index (χ1v) is 8.41. The lowest BCUT2D eigenvalue weighted by atomic mass is 10.2. The zero-order chi connectivity index (χ0) is 17.0. The summed E-state index contributed by atoms with van der Waals surface area (Å²) < 4.78 is 37.0. The van der Waals surface area contributed by atoms with Crippen LogP contribution in [0.2, 0.25) is 0 Å². The van der Waals surface area contributed by atoms with Crippen LogP contribution in [0, 0.1) is 0 Å². The van der Waals surface area contributed by atoms with E-state index in [1.54, 1.807) is 0 Å². The highest BCUT2D eigenvalue weighted by atomic mass is 32.2. The van der Waals surface area contributed by atoms with Gasteiger partial charge in [0.2, 0.25) is 21.8 Å². The summed E-state index contributed by atoms with van der Waals surface area (Å²) in [4.78, 5) is 24.5. The predicted octanol–water partition coefficient (Wildman–Crippen LogP) is 0.273. The quantitative estimate of drug-likeness (QED) is 0.564. The molecule has 1 N–H and O–H groups in total. The Morgan fingerprint density at radius 2 is 1.83 bits per heavy atom. The van der Waals surface area contributed by atoms with Gasteiger partial charge in [0.25, 0.3) is 0 Å². The van der Waals surface area contributed by atoms with Gasteiger partial charge >= 0.3 is 0 Å². The third kappa shape index (κ3) is 3.69. The Labute approximate surface area is 134 Å². The third-order valence-corrected chi connectivity index (χ3v) is 4.83. The second kappa shape index (κ2) is 7.07. The van der Waals surface area contributed by atoms with Gasteiger partial charge < -0.3 is 9.47 Å². The van der Waals surface area contributed by atoms with Crippen molar-refractivity contribution in [2.45, 2.75) is 17.7 Å². The van der Waals surface area contributed by atoms with Crippen LogP contribution in [0.3, 0.4) is 0 Å². The van der Waals surface area contributed by atoms with Gasteiger partial charge in [-0.1, -0.05) is 0 Å². The van der Waals surface area contributed by atoms with Gasteiger partial charge in [-0.3, -0.25) is 14.5 Å². The number of sulfonamides is 1. The molecule has 0 unspecified atom stereocenters. The molecule has 1 heterocycles. The van der Waals surface area contributed by atoms with E-state index in [9.17, 15) is 18.0 Å². The van der Waals surface area contributed by atoms with Crippen molar-refractivity contribution in [2.24, 2.45) is 0 Å². The SMILES string of the molecule is COCCNS(=O)(=O)c1cc(N2C(=O)CCC2=O)ccc1OC. The van der Waals surface area contributed by atoms with Crippen LogP contribution in [0.15, 0.2) is 23.1 Å². The molecule has 9 heteroatoms. The first-order chi connectivity index (χ1) is 10.9. The van der Waals surface area contributed by atoms with E-state index >= 15 is 0 Å². The molecule has 0 radical (unpaired) electrons. The fourth-order valence-electron chi connectivity index (χ4n) is 2.23. The summed E-state index contributed by atoms with van der Waals surface area (Å²) >= 11 is 0. The molecule has 0 spiro atoms. The smallest absolute Gasteiger partial charge is 0.244 e. The van der Waals surface area contributed by atoms with Crippen molar-refractivity contribution in [3.05, 3.63) is 18.2 Å². The average molecular weight is 342 g/mol. The fraction of sp³-hybridized carbons (Fsp3) is 0.429. The average Bonchev–Trinajstić information content (AvgIpc) is 2.86. The highest BCUT2D eigenvalue weighted by molar-refractivity contribution is 7.89. The number of ether oxygens (including phenoxy) is 2. The van der Waals surface area contributed by atoms with Gasteiger partial charge in [-0.2, -0.15) is 0 Å². The van der Waals surface area contributed by atoms with Crippen LogP contribution >= 0.6 is 0 Å². The number of benzene rings is 1. The summed E-state index contributed by atoms with van der Waals surface area (Å²) in [5.74, 6) is -0.579. The van der Waals surface area contributed by atoms with E-state index in [1.165, 1.54) is 32.4 Å². The number of hydrogen-bond donors (Lipinski definition) is 1. The number of imide groups is 1. The van der Waals surface area contributed by atoms with Crippen LogP contribution in [-0.2, 0) is 24.3 Å². The Hall–Kier alpha value is -1.97. The number of methoxy groups -OCH3 is 2. The lowest BCUT2D eigenvalue weighted by molar-refractivity contribution is -0.121. The monoisotopic (exact) mass is 342 g/mol. The maximum absolute atomic E-state index is 12.4. The topological polar surface area (TPSA) is 102 Å². The minimum atomic E-state index is -3.87. The molecule has 0 atom stereocenters. The number of nitrogens with zero attached hydrogens (tertiary/aromatic N) is 1. The maximum Gasteiger partial charge on any atom is 0.244 e. The van der Waals surface area contributed by atoms with Crippen LogP contribution in [0.25, 0.3) is 0 Å². The molecule has 0 bridgehead atoms. The number of rotatable bonds is 7. The summed E-state index contributed by atoms with van der Waals surface area (Å²) in [5, 5.41) is 0. The number of nitrogens with one attached hydrogen (secondary N) is 1. The second-order valence-corrected chi connectivity index (χ2v) is 6.58. The number of amides is 2. The van der Waals surface area contributed by atoms with E-state index in [-0.39, 0.29) is 54.1 Å². The molecule has 8 nitrogen and oxygen atoms in total. The molecular weight excluding hydrogens is 324 g/mol. The van der Waals surface area contributed by atoms with Gasteiger partial charge in [0.1, 0.15) is 10.6 Å². The van der Waals surface area contributed by atoms with Gasteiger partial charge in [0.15, 0.2) is 0 Å². The molecule has 0 aliphatic carbocycles. The molecule has 0 aromatic heterocycles. The Morgan fingerprint density at radius 1 is 1.17 bits per heavy atom. The summed E-state index contributed by atoms with van der Waals surface area (Å²) in [7, 11) is -1.07. The fourth-order valence-corrected chi connectivity index (χ4v) is 3.43. The molecule has 2 rings (SSSR count). The minimum absolute atomic E-state index is 0.0911. The Balaban J connectivity index is 2.40. The van der Waals surface area contributed by atoms with Crippen LogP contribution in [0.1, 0.15) is 12.8 Å². The first kappa shape index (κ1) is 17.4. The zero-order valence-electron chi connectivity index (χ0n) is 12.9. The number of anilines is 1. The molecule has 1 aromatic rings. The Bertz CT molecular complexity index is 700. The molecule has 1 aliphatic rings. The zero-order valence-corrected chi connectivity index (χ0v) is 13.7. The lowest BCUT2D eigenvalue weighted by Crippen LogP contribution is -2.30. The van der Waals surface area contributed by atoms with E-state index in [4.69, 9.17) is 9.47 Å². The van der Waals surface area contributed by atoms with E-state index in [2.05, 4.69) is 4.72 Å². The number of carbonyl (C=O) groups excluding carboxylic acids is 2. The largest absolute Gasteiger partial charge is 0.495 e. The summed E-state index contributed by atoms with van der Waals surface area (Å²) in [5.41, 5.74) is 0.213. The maximum atomic E-state index is 12.4. The highest BCUT2D eigenvalue weighted by Crippen LogP contribution is 2.31. The van der Waals surface area contributed by atoms with Crippen molar-refractivity contribution >= 4 is 27.5 Å². The molecular formula is C14H18N2O6S. The molecule has 23 heavy (non-hydrogen) atoms. The van der Waals surface area contributed by atoms with Crippen LogP contribution in [0.5, 0.6) is 5.75 Å². The normalized spacial score (nSPS) is 15.3. The minimum Gasteiger partial charge on any atom is -0.495 e. The van der Waals surface area contributed by atoms with Gasteiger partial charge in [-0.05, 0) is 18.2 Å². The molecule has 1 saturated heterocycles. The van der Waals surface area contributed by atoms with Crippen molar-refractivity contribution in [3.63, 3.8) is 0 Å². The third-order valence-electron chi connectivity index (χ3n) is 3.34. The molecule has 2 amide bonds. The second-order valence-electron chi connectivity index (χ2n) is 4.85. The van der Waals surface area contributed by atoms with E-state index in [0.29, 0.717) is 0 Å². The number of hydrogen-bond acceptors (Lipinski definition) is 6. The van der Waals surface area contributed by atoms with Crippen molar-refractivity contribution in [3.8, 4) is 5.75 Å². The summed E-state index contributed by atoms with van der Waals surface area (Å²) in [6.45, 7) is 0.304. The summed E-state index contributed by atoms with van der Waals surface area (Å²) in [6.07, 6.45) is 0.248. The van der Waals surface area contributed by atoms with Crippen LogP contribution < -0.4 is 14.4 Å². The number of carbonyl (C=O) groups is 2. The van der Waals surface area contributed by atoms with Crippen molar-refractivity contribution < 1.29 is 27.5 Å². The Morgan fingerprint density at radius 3 is 2.39 bits per heavy atom. The molecule has 126 valence electrons. The van der Waals surface area contributed by atoms with E-state index < -0.39 is 10.0 Å². The van der Waals surface area contributed by atoms with Crippen LogP contribution in [-0.4, -0.2) is 47.6 Å². The van der Waals surface area contributed by atoms with E-state index in [1.807, 2.05) is 0 Å². The molecule has 1 aliphatic heterocycles. The molecule has 0 saturated carbocycles. The van der Waals surface area contributed by atoms with Crippen molar-refractivity contribution in [1.82, 2.24) is 4.72 Å². The van der Waals surface area contributed by atoms with Gasteiger partial charge in [0.05, 0.1) is 19.4 Å². The van der Waals surface area contributed by atoms with Gasteiger partial charge in [-0.15, -0.1) is 0 Å². The van der Waals surface area contributed by atoms with Crippen LogP contribution in [0.4, 0.5) is 5.69 Å². The van der Waals surface area contributed by atoms with Crippen molar-refractivity contribution in [1.29, 1.82) is 0 Å². The standard InChI is InChI=1S/C14H18N2O6S/c1-21-8-7-15-23(19,20)12-9-10(3-4-11(12)22-2)16-13(17)5-6-14(16)18/h3-4,9,15H,5-8H2,1-2H3. The van der Waals surface area contributed by atoms with Gasteiger partial charge in [0, 0.05) is 26.5 Å². The highest BCUT2D eigenvalue weighted by Gasteiger charge is 2.31. The first-order valence-electron chi connectivity index (χ1n) is 6.93. The molecule has 1 aromatic carbocycles. The van der Waals surface area contributed by atoms with Gasteiger partial charge in [-0.25, -0.2) is 13.1 Å². The Kier molecular flexibility index (Phi) is 5.34. The van der Waals surface area contributed by atoms with E-state index in [0.717, 1.165) is 4.90 Å². The summed E-state index contributed by atoms with van der Waals surface area (Å²) in [6, 6.07) is 4.16. The lowest BCUT2D eigenvalue weighted by Gasteiger charge is -2.17.